The van der Waals surface area contributed by atoms with E-state index in [0.717, 1.165) is 18.4 Å². The van der Waals surface area contributed by atoms with E-state index >= 15 is 0 Å². The average molecular weight is 326 g/mol. The molecule has 0 aliphatic carbocycles. The van der Waals surface area contributed by atoms with E-state index in [2.05, 4.69) is 4.72 Å². The van der Waals surface area contributed by atoms with Crippen LogP contribution in [0.15, 0.2) is 30.3 Å². The first-order valence-corrected chi connectivity index (χ1v) is 9.42. The second-order valence-electron chi connectivity index (χ2n) is 5.26. The Balaban J connectivity index is 2.45. The van der Waals surface area contributed by atoms with Gasteiger partial charge in [0.15, 0.2) is 0 Å². The fourth-order valence-electron chi connectivity index (χ4n) is 2.15. The van der Waals surface area contributed by atoms with Gasteiger partial charge in [0.1, 0.15) is 0 Å². The number of hydrogen-bond donors (Lipinski definition) is 1. The van der Waals surface area contributed by atoms with Gasteiger partial charge in [0.2, 0.25) is 15.9 Å². The van der Waals surface area contributed by atoms with Gasteiger partial charge in [-0.2, -0.15) is 0 Å². The van der Waals surface area contributed by atoms with E-state index in [9.17, 15) is 13.2 Å². The van der Waals surface area contributed by atoms with Crippen molar-refractivity contribution in [1.82, 2.24) is 9.62 Å². The topological polar surface area (TPSA) is 66.5 Å². The van der Waals surface area contributed by atoms with E-state index in [1.165, 1.54) is 0 Å². The zero-order valence-corrected chi connectivity index (χ0v) is 14.2. The van der Waals surface area contributed by atoms with E-state index in [1.807, 2.05) is 44.2 Å². The van der Waals surface area contributed by atoms with Crippen LogP contribution in [-0.2, 0) is 21.2 Å². The van der Waals surface area contributed by atoms with Crippen LogP contribution in [0.4, 0.5) is 0 Å². The van der Waals surface area contributed by atoms with E-state index in [0.29, 0.717) is 19.5 Å². The standard InChI is InChI=1S/C16H26N2O3S/c1-3-11-18(12-4-2)16(19)14-17-22(20,21)13-10-15-8-6-5-7-9-15/h5-9,17H,3-4,10-14H2,1-2H3. The number of aryl methyl sites for hydroxylation is 1. The van der Waals surface area contributed by atoms with Crippen LogP contribution in [0, 0.1) is 0 Å². The Kier molecular flexibility index (Phi) is 8.12. The Morgan fingerprint density at radius 3 is 2.23 bits per heavy atom. The highest BCUT2D eigenvalue weighted by Gasteiger charge is 2.16. The molecule has 5 nitrogen and oxygen atoms in total. The maximum Gasteiger partial charge on any atom is 0.237 e. The molecule has 1 rings (SSSR count). The van der Waals surface area contributed by atoms with Crippen molar-refractivity contribution in [2.75, 3.05) is 25.4 Å². The van der Waals surface area contributed by atoms with E-state index < -0.39 is 10.0 Å². The molecular formula is C16H26N2O3S. The molecule has 1 aromatic rings. The molecule has 0 atom stereocenters. The minimum absolute atomic E-state index is 0.00809. The van der Waals surface area contributed by atoms with Crippen LogP contribution in [0.3, 0.4) is 0 Å². The smallest absolute Gasteiger partial charge is 0.237 e. The maximum atomic E-state index is 12.0. The zero-order chi connectivity index (χ0) is 16.4. The van der Waals surface area contributed by atoms with Gasteiger partial charge in [-0.05, 0) is 24.8 Å². The van der Waals surface area contributed by atoms with Crippen molar-refractivity contribution in [1.29, 1.82) is 0 Å². The molecule has 1 aromatic carbocycles. The van der Waals surface area contributed by atoms with Crippen molar-refractivity contribution in [3.8, 4) is 0 Å². The van der Waals surface area contributed by atoms with E-state index in [-0.39, 0.29) is 18.2 Å². The number of carbonyl (C=O) groups excluding carboxylic acids is 1. The molecule has 0 radical (unpaired) electrons. The van der Waals surface area contributed by atoms with Crippen molar-refractivity contribution in [3.05, 3.63) is 35.9 Å². The molecule has 0 aliphatic rings. The Hall–Kier alpha value is -1.40. The van der Waals surface area contributed by atoms with Crippen molar-refractivity contribution in [2.24, 2.45) is 0 Å². The number of benzene rings is 1. The molecule has 0 bridgehead atoms. The lowest BCUT2D eigenvalue weighted by Gasteiger charge is -2.21. The number of carbonyl (C=O) groups is 1. The van der Waals surface area contributed by atoms with Crippen LogP contribution < -0.4 is 4.72 Å². The largest absolute Gasteiger partial charge is 0.342 e. The predicted octanol–water partition coefficient (Wildman–Crippen LogP) is 1.80. The van der Waals surface area contributed by atoms with Gasteiger partial charge >= 0.3 is 0 Å². The normalized spacial score (nSPS) is 11.4. The van der Waals surface area contributed by atoms with E-state index in [4.69, 9.17) is 0 Å². The molecule has 0 heterocycles. The lowest BCUT2D eigenvalue weighted by atomic mass is 10.2. The van der Waals surface area contributed by atoms with Crippen LogP contribution in [0.5, 0.6) is 0 Å². The molecule has 1 amide bonds. The molecule has 0 saturated heterocycles. The molecule has 0 fully saturated rings. The molecule has 0 saturated carbocycles. The van der Waals surface area contributed by atoms with Gasteiger partial charge in [0, 0.05) is 13.1 Å². The van der Waals surface area contributed by atoms with Crippen molar-refractivity contribution in [3.63, 3.8) is 0 Å². The number of nitrogens with zero attached hydrogens (tertiary/aromatic N) is 1. The van der Waals surface area contributed by atoms with Gasteiger partial charge in [-0.3, -0.25) is 4.79 Å². The minimum atomic E-state index is -3.44. The summed E-state index contributed by atoms with van der Waals surface area (Å²) in [5.74, 6) is -0.168. The summed E-state index contributed by atoms with van der Waals surface area (Å²) in [6, 6.07) is 9.44. The summed E-state index contributed by atoms with van der Waals surface area (Å²) >= 11 is 0. The summed E-state index contributed by atoms with van der Waals surface area (Å²) in [6.45, 7) is 5.17. The maximum absolute atomic E-state index is 12.0. The van der Waals surface area contributed by atoms with E-state index in [1.54, 1.807) is 4.90 Å². The number of sulfonamides is 1. The first-order chi connectivity index (χ1) is 10.5. The zero-order valence-electron chi connectivity index (χ0n) is 13.4. The summed E-state index contributed by atoms with van der Waals surface area (Å²) in [5, 5.41) is 0. The van der Waals surface area contributed by atoms with Gasteiger partial charge in [0.05, 0.1) is 12.3 Å². The predicted molar refractivity (Wildman–Crippen MR) is 89.1 cm³/mol. The summed E-state index contributed by atoms with van der Waals surface area (Å²) < 4.78 is 26.3. The number of rotatable bonds is 10. The molecule has 0 unspecified atom stereocenters. The monoisotopic (exact) mass is 326 g/mol. The molecular weight excluding hydrogens is 300 g/mol. The third-order valence-electron chi connectivity index (χ3n) is 3.29. The molecule has 0 spiro atoms. The van der Waals surface area contributed by atoms with Gasteiger partial charge in [0.25, 0.3) is 0 Å². The van der Waals surface area contributed by atoms with Crippen molar-refractivity contribution < 1.29 is 13.2 Å². The Labute approximate surface area is 133 Å². The SMILES string of the molecule is CCCN(CCC)C(=O)CNS(=O)(=O)CCc1ccccc1. The summed E-state index contributed by atoms with van der Waals surface area (Å²) in [6.07, 6.45) is 2.18. The highest BCUT2D eigenvalue weighted by molar-refractivity contribution is 7.89. The summed E-state index contributed by atoms with van der Waals surface area (Å²) in [7, 11) is -3.44. The molecule has 124 valence electrons. The lowest BCUT2D eigenvalue weighted by molar-refractivity contribution is -0.130. The third-order valence-corrected chi connectivity index (χ3v) is 4.61. The molecule has 1 N–H and O–H groups in total. The molecule has 22 heavy (non-hydrogen) atoms. The van der Waals surface area contributed by atoms with Gasteiger partial charge in [-0.1, -0.05) is 44.2 Å². The number of amides is 1. The summed E-state index contributed by atoms with van der Waals surface area (Å²) in [4.78, 5) is 13.8. The first-order valence-electron chi connectivity index (χ1n) is 7.77. The van der Waals surface area contributed by atoms with Crippen LogP contribution in [0.25, 0.3) is 0 Å². The Bertz CT molecular complexity index is 538. The number of nitrogens with one attached hydrogen (secondary N) is 1. The van der Waals surface area contributed by atoms with Crippen molar-refractivity contribution >= 4 is 15.9 Å². The van der Waals surface area contributed by atoms with Crippen LogP contribution >= 0.6 is 0 Å². The van der Waals surface area contributed by atoms with Crippen LogP contribution in [0.1, 0.15) is 32.3 Å². The quantitative estimate of drug-likeness (QED) is 0.713. The van der Waals surface area contributed by atoms with Gasteiger partial charge in [-0.15, -0.1) is 0 Å². The Morgan fingerprint density at radius 2 is 1.68 bits per heavy atom. The third kappa shape index (κ3) is 7.04. The van der Waals surface area contributed by atoms with Crippen LogP contribution in [0.2, 0.25) is 0 Å². The highest BCUT2D eigenvalue weighted by atomic mass is 32.2. The van der Waals surface area contributed by atoms with Crippen LogP contribution in [-0.4, -0.2) is 44.6 Å². The first kappa shape index (κ1) is 18.6. The van der Waals surface area contributed by atoms with Gasteiger partial charge < -0.3 is 4.90 Å². The summed E-state index contributed by atoms with van der Waals surface area (Å²) in [5.41, 5.74) is 0.970. The van der Waals surface area contributed by atoms with Gasteiger partial charge in [-0.25, -0.2) is 13.1 Å². The molecule has 0 aliphatic heterocycles. The van der Waals surface area contributed by atoms with Crippen molar-refractivity contribution in [2.45, 2.75) is 33.1 Å². The number of hydrogen-bond acceptors (Lipinski definition) is 3. The molecule has 0 aromatic heterocycles. The minimum Gasteiger partial charge on any atom is -0.342 e. The highest BCUT2D eigenvalue weighted by Crippen LogP contribution is 2.02. The fourth-order valence-corrected chi connectivity index (χ4v) is 3.15. The fraction of sp³-hybridized carbons (Fsp3) is 0.562. The Morgan fingerprint density at radius 1 is 1.09 bits per heavy atom. The molecule has 6 heteroatoms. The second-order valence-corrected chi connectivity index (χ2v) is 7.18. The average Bonchev–Trinajstić information content (AvgIpc) is 2.52. The second kappa shape index (κ2) is 9.58. The lowest BCUT2D eigenvalue weighted by Crippen LogP contribution is -2.41.